The molecule has 0 aliphatic carbocycles. The minimum atomic E-state index is 0.694. The Morgan fingerprint density at radius 3 is 2.87 bits per heavy atom. The molecule has 2 rings (SSSR count). The molecule has 1 aromatic rings. The van der Waals surface area contributed by atoms with Crippen LogP contribution < -0.4 is 0 Å². The monoisotopic (exact) mass is 207 g/mol. The minimum absolute atomic E-state index is 0.694. The van der Waals surface area contributed by atoms with Crippen LogP contribution in [0.4, 0.5) is 0 Å². The summed E-state index contributed by atoms with van der Waals surface area (Å²) in [6, 6.07) is 0.694. The highest BCUT2D eigenvalue weighted by atomic mass is 15.2. The number of hydrogen-bond acceptors (Lipinski definition) is 2. The molecule has 1 saturated heterocycles. The fourth-order valence-electron chi connectivity index (χ4n) is 2.35. The molecule has 84 valence electrons. The summed E-state index contributed by atoms with van der Waals surface area (Å²) in [5.74, 6) is 0.806. The quantitative estimate of drug-likeness (QED) is 0.755. The van der Waals surface area contributed by atoms with Gasteiger partial charge in [-0.2, -0.15) is 0 Å². The van der Waals surface area contributed by atoms with E-state index in [1.807, 2.05) is 13.3 Å². The van der Waals surface area contributed by atoms with Crippen LogP contribution >= 0.6 is 0 Å². The normalized spacial score (nSPS) is 22.8. The summed E-state index contributed by atoms with van der Waals surface area (Å²) < 4.78 is 2.23. The first-order chi connectivity index (χ1) is 7.15. The highest BCUT2D eigenvalue weighted by Crippen LogP contribution is 2.20. The van der Waals surface area contributed by atoms with Crippen LogP contribution in [0.1, 0.15) is 26.0 Å². The van der Waals surface area contributed by atoms with Gasteiger partial charge in [0.2, 0.25) is 0 Å². The van der Waals surface area contributed by atoms with Gasteiger partial charge in [-0.15, -0.1) is 0 Å². The molecule has 0 aromatic carbocycles. The van der Waals surface area contributed by atoms with Crippen molar-refractivity contribution in [3.63, 3.8) is 0 Å². The molecule has 0 saturated carbocycles. The van der Waals surface area contributed by atoms with Gasteiger partial charge in [-0.25, -0.2) is 4.98 Å². The molecule has 0 amide bonds. The SMILES string of the molecule is Cc1cn(C[C@@H]2CCN(C(C)C)C2)cn1. The molecular formula is C12H21N3. The van der Waals surface area contributed by atoms with Crippen molar-refractivity contribution in [2.45, 2.75) is 39.8 Å². The molecule has 0 radical (unpaired) electrons. The van der Waals surface area contributed by atoms with Crippen LogP contribution in [0.15, 0.2) is 12.5 Å². The molecule has 1 atom stereocenters. The van der Waals surface area contributed by atoms with Gasteiger partial charge in [-0.3, -0.25) is 0 Å². The van der Waals surface area contributed by atoms with E-state index < -0.39 is 0 Å². The molecule has 1 aliphatic heterocycles. The number of hydrogen-bond donors (Lipinski definition) is 0. The van der Waals surface area contributed by atoms with Crippen LogP contribution in [0, 0.1) is 12.8 Å². The first-order valence-corrected chi connectivity index (χ1v) is 5.87. The van der Waals surface area contributed by atoms with Crippen molar-refractivity contribution in [1.82, 2.24) is 14.5 Å². The van der Waals surface area contributed by atoms with Crippen molar-refractivity contribution in [2.75, 3.05) is 13.1 Å². The summed E-state index contributed by atoms with van der Waals surface area (Å²) in [4.78, 5) is 6.83. The Hall–Kier alpha value is -0.830. The third-order valence-electron chi connectivity index (χ3n) is 3.28. The van der Waals surface area contributed by atoms with Gasteiger partial charge in [-0.05, 0) is 39.7 Å². The lowest BCUT2D eigenvalue weighted by atomic mass is 10.1. The second kappa shape index (κ2) is 4.35. The first-order valence-electron chi connectivity index (χ1n) is 5.87. The van der Waals surface area contributed by atoms with Crippen LogP contribution in [0.25, 0.3) is 0 Å². The first kappa shape index (κ1) is 10.7. The Bertz CT molecular complexity index is 316. The second-order valence-electron chi connectivity index (χ2n) is 4.96. The third-order valence-corrected chi connectivity index (χ3v) is 3.28. The van der Waals surface area contributed by atoms with Crippen LogP contribution in [-0.2, 0) is 6.54 Å². The van der Waals surface area contributed by atoms with E-state index >= 15 is 0 Å². The maximum absolute atomic E-state index is 4.26. The van der Waals surface area contributed by atoms with E-state index in [1.54, 1.807) is 0 Å². The molecule has 1 aromatic heterocycles. The van der Waals surface area contributed by atoms with Gasteiger partial charge in [0.05, 0.1) is 12.0 Å². The van der Waals surface area contributed by atoms with Crippen molar-refractivity contribution in [3.8, 4) is 0 Å². The predicted molar refractivity (Wildman–Crippen MR) is 61.8 cm³/mol. The van der Waals surface area contributed by atoms with Crippen LogP contribution in [0.2, 0.25) is 0 Å². The van der Waals surface area contributed by atoms with E-state index in [0.717, 1.165) is 18.2 Å². The summed E-state index contributed by atoms with van der Waals surface area (Å²) in [5.41, 5.74) is 1.12. The zero-order valence-corrected chi connectivity index (χ0v) is 9.98. The molecule has 0 bridgehead atoms. The number of rotatable bonds is 3. The molecule has 15 heavy (non-hydrogen) atoms. The van der Waals surface area contributed by atoms with E-state index in [0.29, 0.717) is 6.04 Å². The van der Waals surface area contributed by atoms with E-state index in [4.69, 9.17) is 0 Å². The predicted octanol–water partition coefficient (Wildman–Crippen LogP) is 1.92. The topological polar surface area (TPSA) is 21.1 Å². The molecule has 3 nitrogen and oxygen atoms in total. The maximum atomic E-state index is 4.26. The van der Waals surface area contributed by atoms with Crippen molar-refractivity contribution >= 4 is 0 Å². The van der Waals surface area contributed by atoms with E-state index in [9.17, 15) is 0 Å². The Kier molecular flexibility index (Phi) is 3.10. The highest BCUT2D eigenvalue weighted by molar-refractivity contribution is 4.93. The highest BCUT2D eigenvalue weighted by Gasteiger charge is 2.24. The second-order valence-corrected chi connectivity index (χ2v) is 4.96. The Labute approximate surface area is 92.1 Å². The molecular weight excluding hydrogens is 186 g/mol. The van der Waals surface area contributed by atoms with Gasteiger partial charge in [0.15, 0.2) is 0 Å². The Morgan fingerprint density at radius 1 is 1.53 bits per heavy atom. The molecule has 2 heterocycles. The average Bonchev–Trinajstić information content (AvgIpc) is 2.76. The number of aryl methyl sites for hydroxylation is 1. The van der Waals surface area contributed by atoms with E-state index in [-0.39, 0.29) is 0 Å². The van der Waals surface area contributed by atoms with E-state index in [1.165, 1.54) is 19.5 Å². The molecule has 0 unspecified atom stereocenters. The van der Waals surface area contributed by atoms with Gasteiger partial charge in [0, 0.05) is 25.3 Å². The Morgan fingerprint density at radius 2 is 2.33 bits per heavy atom. The molecule has 1 aliphatic rings. The molecule has 0 spiro atoms. The number of imidazole rings is 1. The van der Waals surface area contributed by atoms with Crippen molar-refractivity contribution in [2.24, 2.45) is 5.92 Å². The number of aromatic nitrogens is 2. The van der Waals surface area contributed by atoms with Crippen LogP contribution in [0.5, 0.6) is 0 Å². The van der Waals surface area contributed by atoms with Crippen molar-refractivity contribution < 1.29 is 0 Å². The minimum Gasteiger partial charge on any atom is -0.337 e. The number of likely N-dealkylation sites (tertiary alicyclic amines) is 1. The van der Waals surface area contributed by atoms with Crippen LogP contribution in [0.3, 0.4) is 0 Å². The fraction of sp³-hybridized carbons (Fsp3) is 0.750. The molecule has 3 heteroatoms. The van der Waals surface area contributed by atoms with Gasteiger partial charge in [-0.1, -0.05) is 0 Å². The van der Waals surface area contributed by atoms with Gasteiger partial charge >= 0.3 is 0 Å². The summed E-state index contributed by atoms with van der Waals surface area (Å²) in [7, 11) is 0. The van der Waals surface area contributed by atoms with Gasteiger partial charge in [0.25, 0.3) is 0 Å². The van der Waals surface area contributed by atoms with Gasteiger partial charge < -0.3 is 9.47 Å². The molecule has 1 fully saturated rings. The summed E-state index contributed by atoms with van der Waals surface area (Å²) in [5, 5.41) is 0. The van der Waals surface area contributed by atoms with Gasteiger partial charge in [0.1, 0.15) is 0 Å². The zero-order valence-electron chi connectivity index (χ0n) is 9.98. The standard InChI is InChI=1S/C12H21N3/c1-10(2)15-5-4-12(8-15)7-14-6-11(3)13-9-14/h6,9-10,12H,4-5,7-8H2,1-3H3/t12-/m0/s1. The lowest BCUT2D eigenvalue weighted by molar-refractivity contribution is 0.260. The van der Waals surface area contributed by atoms with E-state index in [2.05, 4.69) is 34.5 Å². The maximum Gasteiger partial charge on any atom is 0.0949 e. The zero-order chi connectivity index (χ0) is 10.8. The lowest BCUT2D eigenvalue weighted by Crippen LogP contribution is -2.28. The Balaban J connectivity index is 1.87. The van der Waals surface area contributed by atoms with Crippen LogP contribution in [-0.4, -0.2) is 33.6 Å². The number of nitrogens with zero attached hydrogens (tertiary/aromatic N) is 3. The largest absolute Gasteiger partial charge is 0.337 e. The summed E-state index contributed by atoms with van der Waals surface area (Å²) in [6.07, 6.45) is 5.42. The fourth-order valence-corrected chi connectivity index (χ4v) is 2.35. The summed E-state index contributed by atoms with van der Waals surface area (Å²) in [6.45, 7) is 10.2. The van der Waals surface area contributed by atoms with Crippen molar-refractivity contribution in [3.05, 3.63) is 18.2 Å². The van der Waals surface area contributed by atoms with Crippen molar-refractivity contribution in [1.29, 1.82) is 0 Å². The summed E-state index contributed by atoms with van der Waals surface area (Å²) >= 11 is 0. The third kappa shape index (κ3) is 2.59. The lowest BCUT2D eigenvalue weighted by Gasteiger charge is -2.20. The molecule has 0 N–H and O–H groups in total. The smallest absolute Gasteiger partial charge is 0.0949 e. The average molecular weight is 207 g/mol.